The lowest BCUT2D eigenvalue weighted by molar-refractivity contribution is -0.141. The minimum atomic E-state index is -4.46. The molecule has 1 atom stereocenters. The highest BCUT2D eigenvalue weighted by molar-refractivity contribution is 7.92. The number of alkyl halides is 3. The summed E-state index contributed by atoms with van der Waals surface area (Å²) in [5.74, 6) is 0.276. The zero-order valence-electron chi connectivity index (χ0n) is 16.7. The summed E-state index contributed by atoms with van der Waals surface area (Å²) in [4.78, 5) is 9.80. The molecule has 4 rings (SSSR count). The van der Waals surface area contributed by atoms with Crippen LogP contribution < -0.4 is 10.0 Å². The summed E-state index contributed by atoms with van der Waals surface area (Å²) in [7, 11) is -3.71. The van der Waals surface area contributed by atoms with Gasteiger partial charge in [0.1, 0.15) is 5.69 Å². The number of pyridine rings is 1. The highest BCUT2D eigenvalue weighted by Crippen LogP contribution is 2.28. The van der Waals surface area contributed by atoms with Crippen LogP contribution in [0.1, 0.15) is 17.8 Å². The second-order valence-electron chi connectivity index (χ2n) is 7.38. The van der Waals surface area contributed by atoms with E-state index in [-0.39, 0.29) is 16.8 Å². The Labute approximate surface area is 187 Å². The van der Waals surface area contributed by atoms with Gasteiger partial charge in [-0.25, -0.2) is 18.4 Å². The minimum absolute atomic E-state index is 0.0939. The molecule has 32 heavy (non-hydrogen) atoms. The Kier molecular flexibility index (Phi) is 6.35. The maximum Gasteiger partial charge on any atom is 0.433 e. The smallest absolute Gasteiger partial charge is 0.381 e. The molecule has 1 aliphatic heterocycles. The number of anilines is 2. The highest BCUT2D eigenvalue weighted by Gasteiger charge is 2.32. The number of hydrogen-bond acceptors (Lipinski definition) is 7. The second kappa shape index (κ2) is 9.04. The predicted octanol–water partition coefficient (Wildman–Crippen LogP) is 4.04. The van der Waals surface area contributed by atoms with Crippen LogP contribution in [0, 0.1) is 0 Å². The first kappa shape index (κ1) is 22.5. The molecule has 1 saturated heterocycles. The molecule has 7 nitrogen and oxygen atoms in total. The van der Waals surface area contributed by atoms with Gasteiger partial charge in [-0.05, 0) is 42.8 Å². The van der Waals surface area contributed by atoms with Crippen LogP contribution in [0.3, 0.4) is 0 Å². The van der Waals surface area contributed by atoms with Crippen LogP contribution in [0.25, 0.3) is 0 Å². The topological polar surface area (TPSA) is 87.2 Å². The third-order valence-electron chi connectivity index (χ3n) is 4.96. The summed E-state index contributed by atoms with van der Waals surface area (Å²) in [6.45, 7) is 1.70. The van der Waals surface area contributed by atoms with Crippen molar-refractivity contribution in [3.63, 3.8) is 0 Å². The van der Waals surface area contributed by atoms with Crippen molar-refractivity contribution in [2.75, 3.05) is 23.1 Å². The van der Waals surface area contributed by atoms with E-state index in [1.165, 1.54) is 29.5 Å². The van der Waals surface area contributed by atoms with Gasteiger partial charge in [0.15, 0.2) is 5.82 Å². The second-order valence-corrected chi connectivity index (χ2v) is 9.78. The number of nitrogens with zero attached hydrogens (tertiary/aromatic N) is 3. The van der Waals surface area contributed by atoms with Gasteiger partial charge >= 0.3 is 6.18 Å². The van der Waals surface area contributed by atoms with E-state index in [0.717, 1.165) is 24.7 Å². The van der Waals surface area contributed by atoms with E-state index >= 15 is 0 Å². The van der Waals surface area contributed by atoms with Crippen LogP contribution in [-0.2, 0) is 22.7 Å². The Morgan fingerprint density at radius 2 is 1.94 bits per heavy atom. The SMILES string of the molecule is O=S(=O)(Nc1cscn1)c1ccc(NC2CCN(Cc3cccc(C(F)(F)F)n3)C2)cc1. The van der Waals surface area contributed by atoms with Crippen molar-refractivity contribution in [1.82, 2.24) is 14.9 Å². The molecule has 1 fully saturated rings. The molecule has 0 radical (unpaired) electrons. The van der Waals surface area contributed by atoms with Crippen molar-refractivity contribution >= 4 is 32.9 Å². The van der Waals surface area contributed by atoms with Crippen molar-refractivity contribution in [2.45, 2.75) is 30.1 Å². The highest BCUT2D eigenvalue weighted by atomic mass is 32.2. The Bertz CT molecular complexity index is 1150. The van der Waals surface area contributed by atoms with Crippen molar-refractivity contribution in [2.24, 2.45) is 0 Å². The first-order valence-electron chi connectivity index (χ1n) is 9.72. The van der Waals surface area contributed by atoms with Gasteiger partial charge in [0.25, 0.3) is 10.0 Å². The number of likely N-dealkylation sites (tertiary alicyclic amines) is 1. The monoisotopic (exact) mass is 483 g/mol. The van der Waals surface area contributed by atoms with E-state index in [4.69, 9.17) is 0 Å². The van der Waals surface area contributed by atoms with Gasteiger partial charge in [0, 0.05) is 36.7 Å². The van der Waals surface area contributed by atoms with Gasteiger partial charge in [-0.1, -0.05) is 6.07 Å². The average molecular weight is 484 g/mol. The molecule has 1 aliphatic rings. The number of thiazole rings is 1. The van der Waals surface area contributed by atoms with Gasteiger partial charge in [0.2, 0.25) is 0 Å². The largest absolute Gasteiger partial charge is 0.433 e. The van der Waals surface area contributed by atoms with Crippen LogP contribution in [-0.4, -0.2) is 42.4 Å². The lowest BCUT2D eigenvalue weighted by Gasteiger charge is -2.18. The molecular formula is C20H20F3N5O2S2. The summed E-state index contributed by atoms with van der Waals surface area (Å²) in [6.07, 6.45) is -3.65. The summed E-state index contributed by atoms with van der Waals surface area (Å²) in [6, 6.07) is 10.4. The van der Waals surface area contributed by atoms with E-state index in [0.29, 0.717) is 18.8 Å². The van der Waals surface area contributed by atoms with Crippen LogP contribution in [0.4, 0.5) is 24.7 Å². The number of hydrogen-bond donors (Lipinski definition) is 2. The third-order valence-corrected chi connectivity index (χ3v) is 6.92. The molecule has 1 aromatic carbocycles. The number of halogens is 3. The normalized spacial score (nSPS) is 17.4. The van der Waals surface area contributed by atoms with E-state index < -0.39 is 21.9 Å². The van der Waals surface area contributed by atoms with Crippen LogP contribution >= 0.6 is 11.3 Å². The van der Waals surface area contributed by atoms with Gasteiger partial charge in [-0.2, -0.15) is 13.2 Å². The molecule has 0 amide bonds. The van der Waals surface area contributed by atoms with Gasteiger partial charge in [-0.3, -0.25) is 9.62 Å². The average Bonchev–Trinajstić information content (AvgIpc) is 3.40. The van der Waals surface area contributed by atoms with Crippen molar-refractivity contribution in [3.05, 3.63) is 64.7 Å². The Morgan fingerprint density at radius 3 is 2.62 bits per heavy atom. The van der Waals surface area contributed by atoms with Crippen LogP contribution in [0.15, 0.2) is 58.3 Å². The predicted molar refractivity (Wildman–Crippen MR) is 116 cm³/mol. The molecule has 2 aromatic heterocycles. The van der Waals surface area contributed by atoms with Crippen molar-refractivity contribution < 1.29 is 21.6 Å². The molecule has 12 heteroatoms. The summed E-state index contributed by atoms with van der Waals surface area (Å²) in [5, 5.41) is 4.95. The minimum Gasteiger partial charge on any atom is -0.381 e. The number of nitrogens with one attached hydrogen (secondary N) is 2. The molecule has 1 unspecified atom stereocenters. The fourth-order valence-corrected chi connectivity index (χ4v) is 5.03. The molecule has 0 aliphatic carbocycles. The summed E-state index contributed by atoms with van der Waals surface area (Å²) < 4.78 is 65.8. The maximum absolute atomic E-state index is 12.9. The lowest BCUT2D eigenvalue weighted by Crippen LogP contribution is -2.26. The molecule has 3 aromatic rings. The third kappa shape index (κ3) is 5.56. The van der Waals surface area contributed by atoms with Crippen molar-refractivity contribution in [1.29, 1.82) is 0 Å². The Balaban J connectivity index is 1.33. The van der Waals surface area contributed by atoms with Crippen LogP contribution in [0.5, 0.6) is 0 Å². The van der Waals surface area contributed by atoms with Gasteiger partial charge < -0.3 is 5.32 Å². The number of aromatic nitrogens is 2. The van der Waals surface area contributed by atoms with E-state index in [1.807, 2.05) is 4.90 Å². The molecule has 0 saturated carbocycles. The first-order valence-corrected chi connectivity index (χ1v) is 12.1. The molecule has 0 bridgehead atoms. The zero-order valence-corrected chi connectivity index (χ0v) is 18.3. The summed E-state index contributed by atoms with van der Waals surface area (Å²) >= 11 is 1.29. The van der Waals surface area contributed by atoms with Gasteiger partial charge in [-0.15, -0.1) is 11.3 Å². The summed E-state index contributed by atoms with van der Waals surface area (Å²) in [5.41, 5.74) is 1.80. The molecule has 2 N–H and O–H groups in total. The van der Waals surface area contributed by atoms with E-state index in [1.54, 1.807) is 29.1 Å². The number of benzene rings is 1. The lowest BCUT2D eigenvalue weighted by atomic mass is 10.2. The standard InChI is InChI=1S/C20H20F3N5O2S2/c21-20(22,23)18-3-1-2-15(26-18)10-28-9-8-16(11-28)25-14-4-6-17(7-5-14)32(29,30)27-19-12-31-13-24-19/h1-7,12-13,16,25,27H,8-11H2. The quantitative estimate of drug-likeness (QED) is 0.528. The molecular weight excluding hydrogens is 463 g/mol. The molecule has 170 valence electrons. The zero-order chi connectivity index (χ0) is 22.8. The fourth-order valence-electron chi connectivity index (χ4n) is 3.47. The Morgan fingerprint density at radius 1 is 1.16 bits per heavy atom. The van der Waals surface area contributed by atoms with Crippen molar-refractivity contribution in [3.8, 4) is 0 Å². The van der Waals surface area contributed by atoms with E-state index in [9.17, 15) is 21.6 Å². The maximum atomic E-state index is 12.9. The van der Waals surface area contributed by atoms with E-state index in [2.05, 4.69) is 20.0 Å². The van der Waals surface area contributed by atoms with Gasteiger partial charge in [0.05, 0.1) is 16.1 Å². The molecule has 0 spiro atoms. The molecule has 3 heterocycles. The van der Waals surface area contributed by atoms with Crippen LogP contribution in [0.2, 0.25) is 0 Å². The number of sulfonamides is 1. The number of rotatable bonds is 7. The Hall–Kier alpha value is -2.70. The first-order chi connectivity index (χ1) is 15.2. The fraction of sp³-hybridized carbons (Fsp3) is 0.300.